The number of aromatic nitrogens is 1. The van der Waals surface area contributed by atoms with Gasteiger partial charge in [-0.15, -0.1) is 0 Å². The van der Waals surface area contributed by atoms with Crippen LogP contribution < -0.4 is 4.74 Å². The number of nitrogens with zero attached hydrogens (tertiary/aromatic N) is 1. The Hall–Kier alpha value is -2.92. The molecule has 0 fully saturated rings. The fourth-order valence-corrected chi connectivity index (χ4v) is 2.43. The Bertz CT molecular complexity index is 929. The van der Waals surface area contributed by atoms with Gasteiger partial charge in [-0.1, -0.05) is 29.8 Å². The second-order valence-electron chi connectivity index (χ2n) is 5.54. The fourth-order valence-electron chi connectivity index (χ4n) is 2.24. The highest BCUT2D eigenvalue weighted by Gasteiger charge is 2.12. The molecule has 0 aliphatic heterocycles. The SMILES string of the molecule is Cc1cccnc1Oc1ccc(C(=O)OCc2cccc(Cl)c2F)cc1. The number of hydrogen-bond acceptors (Lipinski definition) is 4. The summed E-state index contributed by atoms with van der Waals surface area (Å²) in [6.07, 6.45) is 1.64. The van der Waals surface area contributed by atoms with Crippen molar-refractivity contribution >= 4 is 17.6 Å². The maximum atomic E-state index is 13.8. The van der Waals surface area contributed by atoms with Crippen molar-refractivity contribution in [1.82, 2.24) is 4.98 Å². The minimum atomic E-state index is -0.587. The van der Waals surface area contributed by atoms with Crippen LogP contribution in [-0.4, -0.2) is 11.0 Å². The molecule has 132 valence electrons. The van der Waals surface area contributed by atoms with Crippen LogP contribution in [-0.2, 0) is 11.3 Å². The lowest BCUT2D eigenvalue weighted by Gasteiger charge is -2.09. The molecule has 6 heteroatoms. The van der Waals surface area contributed by atoms with Crippen molar-refractivity contribution in [3.8, 4) is 11.6 Å². The van der Waals surface area contributed by atoms with Gasteiger partial charge in [0.15, 0.2) is 0 Å². The average Bonchev–Trinajstić information content (AvgIpc) is 2.65. The molecule has 3 aromatic rings. The zero-order valence-corrected chi connectivity index (χ0v) is 14.7. The molecule has 3 rings (SSSR count). The molecule has 1 heterocycles. The molecule has 0 bridgehead atoms. The van der Waals surface area contributed by atoms with E-state index in [-0.39, 0.29) is 17.2 Å². The number of carbonyl (C=O) groups is 1. The molecular formula is C20H15ClFNO3. The van der Waals surface area contributed by atoms with Crippen molar-refractivity contribution in [3.63, 3.8) is 0 Å². The quantitative estimate of drug-likeness (QED) is 0.568. The third kappa shape index (κ3) is 4.18. The Morgan fingerprint density at radius 3 is 2.62 bits per heavy atom. The van der Waals surface area contributed by atoms with Crippen molar-refractivity contribution in [1.29, 1.82) is 0 Å². The first-order valence-corrected chi connectivity index (χ1v) is 8.22. The van der Waals surface area contributed by atoms with Gasteiger partial charge in [0.2, 0.25) is 5.88 Å². The van der Waals surface area contributed by atoms with Gasteiger partial charge < -0.3 is 9.47 Å². The van der Waals surface area contributed by atoms with Gasteiger partial charge >= 0.3 is 5.97 Å². The van der Waals surface area contributed by atoms with E-state index < -0.39 is 11.8 Å². The van der Waals surface area contributed by atoms with Crippen LogP contribution in [0.5, 0.6) is 11.6 Å². The predicted molar refractivity (Wildman–Crippen MR) is 96.0 cm³/mol. The first-order chi connectivity index (χ1) is 12.5. The minimum Gasteiger partial charge on any atom is -0.457 e. The minimum absolute atomic E-state index is 0.00938. The Kier molecular flexibility index (Phi) is 5.49. The second-order valence-corrected chi connectivity index (χ2v) is 5.95. The fraction of sp³-hybridized carbons (Fsp3) is 0.100. The largest absolute Gasteiger partial charge is 0.457 e. The van der Waals surface area contributed by atoms with Crippen molar-refractivity contribution in [2.24, 2.45) is 0 Å². The monoisotopic (exact) mass is 371 g/mol. The molecule has 0 unspecified atom stereocenters. The summed E-state index contributed by atoms with van der Waals surface area (Å²) < 4.78 is 24.6. The first-order valence-electron chi connectivity index (χ1n) is 7.84. The Labute approximate surface area is 155 Å². The standard InChI is InChI=1S/C20H15ClFNO3/c1-13-4-3-11-23-19(13)26-16-9-7-14(8-10-16)20(24)25-12-15-5-2-6-17(21)18(15)22/h2-11H,12H2,1H3. The van der Waals surface area contributed by atoms with E-state index in [0.717, 1.165) is 5.56 Å². The summed E-state index contributed by atoms with van der Waals surface area (Å²) in [5, 5.41) is -0.00938. The molecule has 0 saturated carbocycles. The lowest BCUT2D eigenvalue weighted by atomic mass is 10.2. The van der Waals surface area contributed by atoms with Gasteiger partial charge in [-0.2, -0.15) is 0 Å². The van der Waals surface area contributed by atoms with Crippen molar-refractivity contribution in [3.05, 3.63) is 88.3 Å². The van der Waals surface area contributed by atoms with Crippen LogP contribution in [0.2, 0.25) is 5.02 Å². The van der Waals surface area contributed by atoms with Crippen LogP contribution in [0.3, 0.4) is 0 Å². The van der Waals surface area contributed by atoms with E-state index in [2.05, 4.69) is 4.98 Å². The van der Waals surface area contributed by atoms with Crippen molar-refractivity contribution in [2.45, 2.75) is 13.5 Å². The molecule has 0 aliphatic carbocycles. The molecule has 1 aromatic heterocycles. The number of rotatable bonds is 5. The molecule has 0 N–H and O–H groups in total. The van der Waals surface area contributed by atoms with Gasteiger partial charge in [-0.25, -0.2) is 14.2 Å². The predicted octanol–water partition coefficient (Wildman–Crippen LogP) is 5.33. The normalized spacial score (nSPS) is 10.4. The van der Waals surface area contributed by atoms with Crippen molar-refractivity contribution in [2.75, 3.05) is 0 Å². The third-order valence-electron chi connectivity index (χ3n) is 3.66. The summed E-state index contributed by atoms with van der Waals surface area (Å²) in [7, 11) is 0. The van der Waals surface area contributed by atoms with E-state index in [0.29, 0.717) is 17.2 Å². The van der Waals surface area contributed by atoms with E-state index in [1.165, 1.54) is 12.1 Å². The van der Waals surface area contributed by atoms with Crippen LogP contribution in [0, 0.1) is 12.7 Å². The summed E-state index contributed by atoms with van der Waals surface area (Å²) in [6.45, 7) is 1.69. The van der Waals surface area contributed by atoms with E-state index in [9.17, 15) is 9.18 Å². The highest BCUT2D eigenvalue weighted by Crippen LogP contribution is 2.23. The molecule has 0 amide bonds. The van der Waals surface area contributed by atoms with Gasteiger partial charge in [0.05, 0.1) is 10.6 Å². The molecule has 0 spiro atoms. The number of carbonyl (C=O) groups excluding carboxylic acids is 1. The number of halogens is 2. The molecule has 0 atom stereocenters. The van der Waals surface area contributed by atoms with E-state index in [1.807, 2.05) is 19.1 Å². The van der Waals surface area contributed by atoms with Crippen LogP contribution in [0.1, 0.15) is 21.5 Å². The lowest BCUT2D eigenvalue weighted by Crippen LogP contribution is -2.06. The van der Waals surface area contributed by atoms with E-state index in [4.69, 9.17) is 21.1 Å². The van der Waals surface area contributed by atoms with Crippen LogP contribution in [0.4, 0.5) is 4.39 Å². The van der Waals surface area contributed by atoms with Gasteiger partial charge in [0, 0.05) is 17.3 Å². The summed E-state index contributed by atoms with van der Waals surface area (Å²) >= 11 is 5.71. The number of hydrogen-bond donors (Lipinski definition) is 0. The summed E-state index contributed by atoms with van der Waals surface area (Å²) in [6, 6.07) is 14.7. The van der Waals surface area contributed by atoms with E-state index in [1.54, 1.807) is 36.5 Å². The Morgan fingerprint density at radius 1 is 1.12 bits per heavy atom. The summed E-state index contributed by atoms with van der Waals surface area (Å²) in [5.41, 5.74) is 1.45. The Balaban J connectivity index is 1.63. The second kappa shape index (κ2) is 7.97. The highest BCUT2D eigenvalue weighted by atomic mass is 35.5. The lowest BCUT2D eigenvalue weighted by molar-refractivity contribution is 0.0469. The van der Waals surface area contributed by atoms with Crippen LogP contribution >= 0.6 is 11.6 Å². The number of aryl methyl sites for hydroxylation is 1. The number of ether oxygens (including phenoxy) is 2. The van der Waals surface area contributed by atoms with Crippen LogP contribution in [0.25, 0.3) is 0 Å². The number of esters is 1. The maximum absolute atomic E-state index is 13.8. The smallest absolute Gasteiger partial charge is 0.338 e. The molecule has 0 aliphatic rings. The zero-order chi connectivity index (χ0) is 18.5. The highest BCUT2D eigenvalue weighted by molar-refractivity contribution is 6.30. The third-order valence-corrected chi connectivity index (χ3v) is 3.95. The summed E-state index contributed by atoms with van der Waals surface area (Å²) in [4.78, 5) is 16.3. The van der Waals surface area contributed by atoms with Crippen LogP contribution in [0.15, 0.2) is 60.8 Å². The topological polar surface area (TPSA) is 48.4 Å². The Morgan fingerprint density at radius 2 is 1.88 bits per heavy atom. The number of benzene rings is 2. The van der Waals surface area contributed by atoms with E-state index >= 15 is 0 Å². The molecular weight excluding hydrogens is 357 g/mol. The van der Waals surface area contributed by atoms with Gasteiger partial charge in [-0.3, -0.25) is 0 Å². The van der Waals surface area contributed by atoms with Gasteiger partial charge in [0.1, 0.15) is 18.2 Å². The zero-order valence-electron chi connectivity index (χ0n) is 13.9. The van der Waals surface area contributed by atoms with Crippen molar-refractivity contribution < 1.29 is 18.7 Å². The van der Waals surface area contributed by atoms with Gasteiger partial charge in [-0.05, 0) is 43.3 Å². The first kappa shape index (κ1) is 17.9. The molecule has 4 nitrogen and oxygen atoms in total. The molecule has 2 aromatic carbocycles. The van der Waals surface area contributed by atoms with Gasteiger partial charge in [0.25, 0.3) is 0 Å². The maximum Gasteiger partial charge on any atom is 0.338 e. The molecule has 26 heavy (non-hydrogen) atoms. The molecule has 0 saturated heterocycles. The number of pyridine rings is 1. The summed E-state index contributed by atoms with van der Waals surface area (Å²) in [5.74, 6) is -0.107. The average molecular weight is 372 g/mol. The molecule has 0 radical (unpaired) electrons.